The minimum Gasteiger partial charge on any atom is -0.496 e. The van der Waals surface area contributed by atoms with Crippen LogP contribution < -0.4 is 14.8 Å². The Hall–Kier alpha value is -3.07. The fourth-order valence-electron chi connectivity index (χ4n) is 2.39. The molecule has 2 N–H and O–H groups in total. The van der Waals surface area contributed by atoms with Crippen LogP contribution in [0.2, 0.25) is 0 Å². The van der Waals surface area contributed by atoms with Crippen LogP contribution >= 0.6 is 0 Å². The maximum atomic E-state index is 12.7. The number of rotatable bonds is 8. The number of benzene rings is 2. The first-order chi connectivity index (χ1) is 13.3. The number of carbonyl (C=O) groups excluding carboxylic acids is 2. The van der Waals surface area contributed by atoms with Crippen molar-refractivity contribution >= 4 is 27.6 Å². The molecular formula is C19H22N2O6S. The van der Waals surface area contributed by atoms with Crippen molar-refractivity contribution in [2.45, 2.75) is 18.7 Å². The summed E-state index contributed by atoms with van der Waals surface area (Å²) < 4.78 is 37.8. The number of sulfonamides is 1. The summed E-state index contributed by atoms with van der Waals surface area (Å²) in [6, 6.07) is 9.85. The van der Waals surface area contributed by atoms with Gasteiger partial charge in [-0.15, -0.1) is 0 Å². The summed E-state index contributed by atoms with van der Waals surface area (Å²) in [6.07, 6.45) is 0. The zero-order valence-electron chi connectivity index (χ0n) is 15.8. The summed E-state index contributed by atoms with van der Waals surface area (Å²) in [5.41, 5.74) is 0.695. The van der Waals surface area contributed by atoms with Gasteiger partial charge in [0, 0.05) is 12.2 Å². The van der Waals surface area contributed by atoms with Crippen molar-refractivity contribution < 1.29 is 27.5 Å². The second kappa shape index (κ2) is 9.23. The number of carbonyl (C=O) groups is 2. The van der Waals surface area contributed by atoms with Crippen molar-refractivity contribution in [3.05, 3.63) is 53.6 Å². The molecular weight excluding hydrogens is 384 g/mol. The molecule has 1 amide bonds. The van der Waals surface area contributed by atoms with Crippen molar-refractivity contribution in [2.75, 3.05) is 25.0 Å². The molecule has 2 rings (SSSR count). The lowest BCUT2D eigenvalue weighted by Gasteiger charge is -2.12. The van der Waals surface area contributed by atoms with Crippen molar-refractivity contribution in [3.8, 4) is 5.75 Å². The molecule has 0 aliphatic heterocycles. The Balaban J connectivity index is 2.28. The highest BCUT2D eigenvalue weighted by Crippen LogP contribution is 2.24. The number of ether oxygens (including phenoxy) is 2. The molecule has 0 heterocycles. The largest absolute Gasteiger partial charge is 0.496 e. The molecule has 0 saturated heterocycles. The SMILES string of the molecule is CCNC(=O)c1cc(S(=O)(=O)Nc2ccc(C(=O)OCC)cc2)ccc1OC. The quantitative estimate of drug-likeness (QED) is 0.652. The van der Waals surface area contributed by atoms with E-state index in [0.29, 0.717) is 12.1 Å². The molecule has 0 unspecified atom stereocenters. The Kier molecular flexibility index (Phi) is 7.00. The van der Waals surface area contributed by atoms with Gasteiger partial charge in [-0.2, -0.15) is 0 Å². The summed E-state index contributed by atoms with van der Waals surface area (Å²) >= 11 is 0. The minimum absolute atomic E-state index is 0.0935. The molecule has 0 aliphatic carbocycles. The average molecular weight is 406 g/mol. The third-order valence-electron chi connectivity index (χ3n) is 3.71. The fraction of sp³-hybridized carbons (Fsp3) is 0.263. The lowest BCUT2D eigenvalue weighted by molar-refractivity contribution is 0.0526. The Morgan fingerprint density at radius 2 is 1.71 bits per heavy atom. The van der Waals surface area contributed by atoms with Crippen molar-refractivity contribution in [2.24, 2.45) is 0 Å². The van der Waals surface area contributed by atoms with E-state index in [1.807, 2.05) is 0 Å². The van der Waals surface area contributed by atoms with Crippen LogP contribution in [0.25, 0.3) is 0 Å². The Morgan fingerprint density at radius 3 is 2.29 bits per heavy atom. The molecule has 28 heavy (non-hydrogen) atoms. The molecule has 0 spiro atoms. The van der Waals surface area contributed by atoms with Gasteiger partial charge in [0.1, 0.15) is 5.75 Å². The van der Waals surface area contributed by atoms with Gasteiger partial charge in [0.2, 0.25) is 0 Å². The molecule has 8 nitrogen and oxygen atoms in total. The molecule has 0 radical (unpaired) electrons. The van der Waals surface area contributed by atoms with E-state index in [1.165, 1.54) is 49.6 Å². The van der Waals surface area contributed by atoms with Gasteiger partial charge in [-0.05, 0) is 56.3 Å². The first-order valence-electron chi connectivity index (χ1n) is 8.58. The molecule has 0 saturated carbocycles. The highest BCUT2D eigenvalue weighted by atomic mass is 32.2. The summed E-state index contributed by atoms with van der Waals surface area (Å²) in [5.74, 6) is -0.655. The minimum atomic E-state index is -3.95. The summed E-state index contributed by atoms with van der Waals surface area (Å²) in [4.78, 5) is 23.7. The second-order valence-electron chi connectivity index (χ2n) is 5.62. The zero-order valence-corrected chi connectivity index (χ0v) is 16.6. The van der Waals surface area contributed by atoms with Gasteiger partial charge in [-0.3, -0.25) is 9.52 Å². The van der Waals surface area contributed by atoms with Gasteiger partial charge >= 0.3 is 5.97 Å². The highest BCUT2D eigenvalue weighted by Gasteiger charge is 2.20. The first-order valence-corrected chi connectivity index (χ1v) is 10.1. The van der Waals surface area contributed by atoms with Crippen LogP contribution in [0.1, 0.15) is 34.6 Å². The van der Waals surface area contributed by atoms with E-state index in [1.54, 1.807) is 13.8 Å². The number of amides is 1. The Labute approximate surface area is 163 Å². The average Bonchev–Trinajstić information content (AvgIpc) is 2.68. The topological polar surface area (TPSA) is 111 Å². The van der Waals surface area contributed by atoms with E-state index < -0.39 is 21.9 Å². The molecule has 0 atom stereocenters. The predicted octanol–water partition coefficient (Wildman–Crippen LogP) is 2.42. The fourth-order valence-corrected chi connectivity index (χ4v) is 3.47. The number of hydrogen-bond acceptors (Lipinski definition) is 6. The van der Waals surface area contributed by atoms with Crippen molar-refractivity contribution in [3.63, 3.8) is 0 Å². The van der Waals surface area contributed by atoms with Gasteiger partial charge in [0.15, 0.2) is 0 Å². The lowest BCUT2D eigenvalue weighted by atomic mass is 10.2. The number of esters is 1. The van der Waals surface area contributed by atoms with E-state index in [2.05, 4.69) is 10.0 Å². The van der Waals surface area contributed by atoms with Crippen LogP contribution in [0.3, 0.4) is 0 Å². The highest BCUT2D eigenvalue weighted by molar-refractivity contribution is 7.92. The van der Waals surface area contributed by atoms with Gasteiger partial charge in [-0.1, -0.05) is 0 Å². The van der Waals surface area contributed by atoms with E-state index in [-0.39, 0.29) is 28.5 Å². The molecule has 2 aromatic carbocycles. The molecule has 9 heteroatoms. The van der Waals surface area contributed by atoms with Crippen LogP contribution in [-0.2, 0) is 14.8 Å². The zero-order chi connectivity index (χ0) is 20.7. The third kappa shape index (κ3) is 5.01. The number of nitrogens with one attached hydrogen (secondary N) is 2. The maximum Gasteiger partial charge on any atom is 0.338 e. The third-order valence-corrected chi connectivity index (χ3v) is 5.09. The van der Waals surface area contributed by atoms with Crippen LogP contribution in [0.4, 0.5) is 5.69 Å². The van der Waals surface area contributed by atoms with Gasteiger partial charge in [0.25, 0.3) is 15.9 Å². The Bertz CT molecular complexity index is 955. The molecule has 2 aromatic rings. The monoisotopic (exact) mass is 406 g/mol. The number of methoxy groups -OCH3 is 1. The first kappa shape index (κ1) is 21.2. The van der Waals surface area contributed by atoms with E-state index in [9.17, 15) is 18.0 Å². The summed E-state index contributed by atoms with van der Waals surface area (Å²) in [6.45, 7) is 4.10. The van der Waals surface area contributed by atoms with E-state index in [4.69, 9.17) is 9.47 Å². The van der Waals surface area contributed by atoms with Gasteiger partial charge < -0.3 is 14.8 Å². The predicted molar refractivity (Wildman–Crippen MR) is 104 cm³/mol. The smallest absolute Gasteiger partial charge is 0.338 e. The van der Waals surface area contributed by atoms with E-state index in [0.717, 1.165) is 0 Å². The molecule has 0 bridgehead atoms. The second-order valence-corrected chi connectivity index (χ2v) is 7.31. The van der Waals surface area contributed by atoms with Gasteiger partial charge in [0.05, 0.1) is 29.7 Å². The summed E-state index contributed by atoms with van der Waals surface area (Å²) in [7, 11) is -2.56. The van der Waals surface area contributed by atoms with Crippen molar-refractivity contribution in [1.82, 2.24) is 5.32 Å². The van der Waals surface area contributed by atoms with Crippen LogP contribution in [0.5, 0.6) is 5.75 Å². The van der Waals surface area contributed by atoms with Crippen LogP contribution in [-0.4, -0.2) is 40.6 Å². The number of anilines is 1. The normalized spacial score (nSPS) is 10.8. The molecule has 0 fully saturated rings. The van der Waals surface area contributed by atoms with Crippen molar-refractivity contribution in [1.29, 1.82) is 0 Å². The van der Waals surface area contributed by atoms with Crippen LogP contribution in [0.15, 0.2) is 47.4 Å². The molecule has 150 valence electrons. The molecule has 0 aromatic heterocycles. The lowest BCUT2D eigenvalue weighted by Crippen LogP contribution is -2.24. The maximum absolute atomic E-state index is 12.7. The number of hydrogen-bond donors (Lipinski definition) is 2. The van der Waals surface area contributed by atoms with E-state index >= 15 is 0 Å². The van der Waals surface area contributed by atoms with Gasteiger partial charge in [-0.25, -0.2) is 13.2 Å². The summed E-state index contributed by atoms with van der Waals surface area (Å²) in [5, 5.41) is 2.61. The van der Waals surface area contributed by atoms with Crippen LogP contribution in [0, 0.1) is 0 Å². The molecule has 0 aliphatic rings. The standard InChI is InChI=1S/C19H22N2O6S/c1-4-20-18(22)16-12-15(10-11-17(16)26-3)28(24,25)21-14-8-6-13(7-9-14)19(23)27-5-2/h6-12,21H,4-5H2,1-3H3,(H,20,22). The Morgan fingerprint density at radius 1 is 1.04 bits per heavy atom.